The Balaban J connectivity index is 1.37. The van der Waals surface area contributed by atoms with Crippen LogP contribution < -0.4 is 9.64 Å². The van der Waals surface area contributed by atoms with Crippen molar-refractivity contribution in [2.45, 2.75) is 12.5 Å². The summed E-state index contributed by atoms with van der Waals surface area (Å²) in [5.41, 5.74) is 1.11. The average molecular weight is 395 g/mol. The number of benzene rings is 2. The lowest BCUT2D eigenvalue weighted by Gasteiger charge is -2.36. The molecule has 1 fully saturated rings. The van der Waals surface area contributed by atoms with Crippen LogP contribution >= 0.6 is 23.2 Å². The van der Waals surface area contributed by atoms with Gasteiger partial charge in [0.15, 0.2) is 0 Å². The monoisotopic (exact) mass is 394 g/mol. The Kier molecular flexibility index (Phi) is 7.03. The summed E-state index contributed by atoms with van der Waals surface area (Å²) in [6.07, 6.45) is 0.253. The van der Waals surface area contributed by atoms with Crippen molar-refractivity contribution >= 4 is 28.9 Å². The molecule has 0 aromatic heterocycles. The van der Waals surface area contributed by atoms with Gasteiger partial charge in [0.2, 0.25) is 0 Å². The van der Waals surface area contributed by atoms with Crippen LogP contribution in [0.15, 0.2) is 48.5 Å². The fourth-order valence-corrected chi connectivity index (χ4v) is 3.33. The van der Waals surface area contributed by atoms with Gasteiger partial charge >= 0.3 is 0 Å². The maximum atomic E-state index is 10.1. The molecule has 6 heteroatoms. The van der Waals surface area contributed by atoms with E-state index >= 15 is 0 Å². The zero-order valence-electron chi connectivity index (χ0n) is 14.7. The molecular weight excluding hydrogens is 371 g/mol. The fourth-order valence-electron chi connectivity index (χ4n) is 3.04. The van der Waals surface area contributed by atoms with E-state index in [0.29, 0.717) is 23.1 Å². The summed E-state index contributed by atoms with van der Waals surface area (Å²) in [6.45, 7) is 5.00. The number of aliphatic hydroxyl groups excluding tert-OH is 1. The first-order chi connectivity index (χ1) is 12.6. The van der Waals surface area contributed by atoms with E-state index in [-0.39, 0.29) is 0 Å². The summed E-state index contributed by atoms with van der Waals surface area (Å²) in [4.78, 5) is 4.69. The van der Waals surface area contributed by atoms with Crippen molar-refractivity contribution in [3.05, 3.63) is 58.6 Å². The van der Waals surface area contributed by atoms with Crippen molar-refractivity contribution in [3.63, 3.8) is 0 Å². The molecule has 1 atom stereocenters. The fraction of sp³-hybridized carbons (Fsp3) is 0.400. The Morgan fingerprint density at radius 2 is 1.69 bits per heavy atom. The van der Waals surface area contributed by atoms with Gasteiger partial charge in [0, 0.05) is 38.4 Å². The van der Waals surface area contributed by atoms with Crippen molar-refractivity contribution in [3.8, 4) is 5.75 Å². The summed E-state index contributed by atoms with van der Waals surface area (Å²) < 4.78 is 5.60. The van der Waals surface area contributed by atoms with E-state index in [0.717, 1.165) is 44.2 Å². The van der Waals surface area contributed by atoms with Gasteiger partial charge in [0.1, 0.15) is 12.4 Å². The molecule has 1 unspecified atom stereocenters. The molecule has 2 aromatic carbocycles. The Bertz CT molecular complexity index is 691. The van der Waals surface area contributed by atoms with Crippen LogP contribution in [0.4, 0.5) is 5.69 Å². The smallest absolute Gasteiger partial charge is 0.119 e. The predicted molar refractivity (Wildman–Crippen MR) is 108 cm³/mol. The molecule has 0 saturated carbocycles. The van der Waals surface area contributed by atoms with Crippen LogP contribution in [0.3, 0.4) is 0 Å². The average Bonchev–Trinajstić information content (AvgIpc) is 2.68. The molecule has 3 rings (SSSR count). The van der Waals surface area contributed by atoms with Gasteiger partial charge < -0.3 is 14.7 Å². The molecule has 1 N–H and O–H groups in total. The topological polar surface area (TPSA) is 35.9 Å². The van der Waals surface area contributed by atoms with Crippen molar-refractivity contribution in [2.75, 3.05) is 44.2 Å². The van der Waals surface area contributed by atoms with Gasteiger partial charge in [-0.3, -0.25) is 4.90 Å². The number of hydrogen-bond donors (Lipinski definition) is 1. The first kappa shape index (κ1) is 19.3. The van der Waals surface area contributed by atoms with Crippen LogP contribution in [0.5, 0.6) is 5.75 Å². The van der Waals surface area contributed by atoms with E-state index in [4.69, 9.17) is 27.9 Å². The maximum Gasteiger partial charge on any atom is 0.119 e. The molecule has 1 aliphatic heterocycles. The van der Waals surface area contributed by atoms with Gasteiger partial charge in [0.05, 0.1) is 16.1 Å². The summed E-state index contributed by atoms with van der Waals surface area (Å²) in [5.74, 6) is 0.793. The molecule has 4 nitrogen and oxygen atoms in total. The summed E-state index contributed by atoms with van der Waals surface area (Å²) in [5, 5.41) is 11.3. The summed E-state index contributed by atoms with van der Waals surface area (Å²) in [7, 11) is 0. The van der Waals surface area contributed by atoms with Crippen molar-refractivity contribution in [1.29, 1.82) is 0 Å². The second-order valence-corrected chi connectivity index (χ2v) is 7.31. The molecule has 0 bridgehead atoms. The van der Waals surface area contributed by atoms with Crippen LogP contribution in [-0.2, 0) is 0 Å². The van der Waals surface area contributed by atoms with E-state index in [9.17, 15) is 5.11 Å². The summed E-state index contributed by atoms with van der Waals surface area (Å²) in [6, 6.07) is 15.4. The summed E-state index contributed by atoms with van der Waals surface area (Å²) >= 11 is 12.1. The number of halogens is 2. The highest BCUT2D eigenvalue weighted by Crippen LogP contribution is 2.27. The molecule has 1 heterocycles. The second kappa shape index (κ2) is 9.47. The number of para-hydroxylation sites is 1. The van der Waals surface area contributed by atoms with Gasteiger partial charge in [-0.15, -0.1) is 0 Å². The van der Waals surface area contributed by atoms with E-state index in [1.54, 1.807) is 0 Å². The molecule has 2 aromatic rings. The first-order valence-corrected chi connectivity index (χ1v) is 9.65. The Morgan fingerprint density at radius 1 is 0.962 bits per heavy atom. The molecule has 26 heavy (non-hydrogen) atoms. The number of nitrogens with zero attached hydrogens (tertiary/aromatic N) is 2. The van der Waals surface area contributed by atoms with Gasteiger partial charge in [-0.05, 0) is 36.8 Å². The first-order valence-electron chi connectivity index (χ1n) is 8.90. The van der Waals surface area contributed by atoms with Gasteiger partial charge in [-0.1, -0.05) is 41.4 Å². The highest BCUT2D eigenvalue weighted by Gasteiger charge is 2.18. The molecule has 0 radical (unpaired) electrons. The largest absolute Gasteiger partial charge is 0.491 e. The SMILES string of the molecule is OC(CCN1CCN(c2ccc(Cl)c(Cl)c2)CC1)COc1ccccc1. The lowest BCUT2D eigenvalue weighted by molar-refractivity contribution is 0.0866. The van der Waals surface area contributed by atoms with Gasteiger partial charge in [0.25, 0.3) is 0 Å². The van der Waals surface area contributed by atoms with E-state index in [2.05, 4.69) is 9.80 Å². The molecule has 1 aliphatic rings. The minimum absolute atomic E-state index is 0.327. The third-order valence-corrected chi connectivity index (χ3v) is 5.34. The predicted octanol–water partition coefficient (Wildman–Crippen LogP) is 3.95. The van der Waals surface area contributed by atoms with Crippen molar-refractivity contribution in [1.82, 2.24) is 4.90 Å². The van der Waals surface area contributed by atoms with E-state index in [1.807, 2.05) is 48.5 Å². The molecule has 1 saturated heterocycles. The molecular formula is C20H24Cl2N2O2. The van der Waals surface area contributed by atoms with E-state index < -0.39 is 6.10 Å². The minimum atomic E-state index is -0.455. The van der Waals surface area contributed by atoms with E-state index in [1.165, 1.54) is 0 Å². The Labute approximate surface area is 164 Å². The molecule has 140 valence electrons. The number of aliphatic hydroxyl groups is 1. The van der Waals surface area contributed by atoms with Crippen molar-refractivity contribution in [2.24, 2.45) is 0 Å². The van der Waals surface area contributed by atoms with Gasteiger partial charge in [-0.2, -0.15) is 0 Å². The quantitative estimate of drug-likeness (QED) is 0.770. The highest BCUT2D eigenvalue weighted by atomic mass is 35.5. The molecule has 0 spiro atoms. The van der Waals surface area contributed by atoms with Crippen LogP contribution in [0.1, 0.15) is 6.42 Å². The third-order valence-electron chi connectivity index (χ3n) is 4.60. The number of anilines is 1. The molecule has 0 aliphatic carbocycles. The highest BCUT2D eigenvalue weighted by molar-refractivity contribution is 6.42. The number of hydrogen-bond acceptors (Lipinski definition) is 4. The number of rotatable bonds is 7. The lowest BCUT2D eigenvalue weighted by Crippen LogP contribution is -2.47. The van der Waals surface area contributed by atoms with Crippen LogP contribution in [-0.4, -0.2) is 55.4 Å². The second-order valence-electron chi connectivity index (χ2n) is 6.49. The zero-order valence-corrected chi connectivity index (χ0v) is 16.2. The third kappa shape index (κ3) is 5.52. The number of piperazine rings is 1. The Morgan fingerprint density at radius 3 is 2.38 bits per heavy atom. The standard InChI is InChI=1S/C20H24Cl2N2O2/c21-19-7-6-16(14-20(19)22)24-12-10-23(11-13-24)9-8-17(25)15-26-18-4-2-1-3-5-18/h1-7,14,17,25H,8-13,15H2. The Hall–Kier alpha value is -1.46. The maximum absolute atomic E-state index is 10.1. The van der Waals surface area contributed by atoms with Crippen LogP contribution in [0, 0.1) is 0 Å². The lowest BCUT2D eigenvalue weighted by atomic mass is 10.2. The normalized spacial score (nSPS) is 16.5. The number of ether oxygens (including phenoxy) is 1. The minimum Gasteiger partial charge on any atom is -0.491 e. The molecule has 0 amide bonds. The van der Waals surface area contributed by atoms with Crippen LogP contribution in [0.25, 0.3) is 0 Å². The van der Waals surface area contributed by atoms with Crippen molar-refractivity contribution < 1.29 is 9.84 Å². The van der Waals surface area contributed by atoms with Crippen LogP contribution in [0.2, 0.25) is 10.0 Å². The zero-order chi connectivity index (χ0) is 18.4. The van der Waals surface area contributed by atoms with Gasteiger partial charge in [-0.25, -0.2) is 0 Å².